The molecule has 168 valence electrons. The summed E-state index contributed by atoms with van der Waals surface area (Å²) in [5.74, 6) is -1.28. The van der Waals surface area contributed by atoms with Crippen LogP contribution in [0.25, 0.3) is 0 Å². The highest BCUT2D eigenvalue weighted by molar-refractivity contribution is 5.98. The first-order valence-electron chi connectivity index (χ1n) is 10.0. The van der Waals surface area contributed by atoms with Crippen molar-refractivity contribution >= 4 is 11.8 Å². The maximum Gasteiger partial charge on any atom is 0.425 e. The van der Waals surface area contributed by atoms with Gasteiger partial charge in [0.2, 0.25) is 11.8 Å². The highest BCUT2D eigenvalue weighted by Gasteiger charge is 2.43. The lowest BCUT2D eigenvalue weighted by Gasteiger charge is -2.30. The summed E-state index contributed by atoms with van der Waals surface area (Å²) in [7, 11) is 1.46. The molecular formula is C20H28F3N3O4. The van der Waals surface area contributed by atoms with E-state index in [4.69, 9.17) is 9.84 Å². The van der Waals surface area contributed by atoms with Gasteiger partial charge in [-0.25, -0.2) is 4.98 Å². The van der Waals surface area contributed by atoms with E-state index in [9.17, 15) is 22.8 Å². The molecule has 1 aromatic rings. The molecule has 1 aromatic heterocycles. The summed E-state index contributed by atoms with van der Waals surface area (Å²) < 4.78 is 44.9. The van der Waals surface area contributed by atoms with Gasteiger partial charge < -0.3 is 20.5 Å². The number of nitrogens with zero attached hydrogens (tertiary/aromatic N) is 1. The lowest BCUT2D eigenvalue weighted by Crippen LogP contribution is -2.57. The quantitative estimate of drug-likeness (QED) is 0.529. The molecule has 1 heterocycles. The van der Waals surface area contributed by atoms with Gasteiger partial charge in [0.25, 0.3) is 5.91 Å². The fourth-order valence-corrected chi connectivity index (χ4v) is 3.24. The molecule has 0 aliphatic heterocycles. The van der Waals surface area contributed by atoms with Gasteiger partial charge in [-0.05, 0) is 37.7 Å². The van der Waals surface area contributed by atoms with Crippen LogP contribution in [0.3, 0.4) is 0 Å². The first kappa shape index (κ1) is 23.9. The average Bonchev–Trinajstić information content (AvgIpc) is 3.55. The summed E-state index contributed by atoms with van der Waals surface area (Å²) in [6.45, 7) is 2.80. The molecule has 0 spiro atoms. The molecule has 2 amide bonds. The average molecular weight is 431 g/mol. The first-order chi connectivity index (χ1) is 14.1. The normalized spacial score (nSPS) is 15.4. The number of alkyl halides is 3. The third-order valence-corrected chi connectivity index (χ3v) is 5.37. The SMILES string of the molecule is CCC(CC)(NC(=O)c1ccc(C2CC2)c(OC(CCO)C(F)(F)F)n1)C(=O)NC. The number of rotatable bonds is 10. The molecule has 1 fully saturated rings. The van der Waals surface area contributed by atoms with Crippen molar-refractivity contribution in [2.24, 2.45) is 0 Å². The predicted octanol–water partition coefficient (Wildman–Crippen LogP) is 2.69. The second kappa shape index (κ2) is 9.63. The maximum absolute atomic E-state index is 13.3. The molecule has 3 N–H and O–H groups in total. The summed E-state index contributed by atoms with van der Waals surface area (Å²) >= 11 is 0. The molecule has 10 heteroatoms. The van der Waals surface area contributed by atoms with Crippen LogP contribution in [0, 0.1) is 0 Å². The topological polar surface area (TPSA) is 101 Å². The number of carbonyl (C=O) groups excluding carboxylic acids is 2. The van der Waals surface area contributed by atoms with E-state index in [1.54, 1.807) is 19.9 Å². The Hall–Kier alpha value is -2.36. The van der Waals surface area contributed by atoms with Crippen molar-refractivity contribution in [2.75, 3.05) is 13.7 Å². The Morgan fingerprint density at radius 2 is 1.90 bits per heavy atom. The largest absolute Gasteiger partial charge is 0.464 e. The summed E-state index contributed by atoms with van der Waals surface area (Å²) in [6, 6.07) is 2.96. The first-order valence-corrected chi connectivity index (χ1v) is 10.0. The van der Waals surface area contributed by atoms with Crippen LogP contribution in [-0.2, 0) is 4.79 Å². The van der Waals surface area contributed by atoms with E-state index in [1.165, 1.54) is 13.1 Å². The van der Waals surface area contributed by atoms with Gasteiger partial charge in [-0.2, -0.15) is 13.2 Å². The molecule has 1 saturated carbocycles. The van der Waals surface area contributed by atoms with Gasteiger partial charge in [-0.15, -0.1) is 0 Å². The van der Waals surface area contributed by atoms with Crippen LogP contribution in [0.2, 0.25) is 0 Å². The molecule has 1 atom stereocenters. The number of carbonyl (C=O) groups is 2. The molecule has 0 bridgehead atoms. The molecule has 0 saturated heterocycles. The molecule has 0 radical (unpaired) electrons. The summed E-state index contributed by atoms with van der Waals surface area (Å²) in [6.07, 6.45) is -5.32. The number of hydrogen-bond acceptors (Lipinski definition) is 5. The van der Waals surface area contributed by atoms with Gasteiger partial charge in [0.05, 0.1) is 0 Å². The monoisotopic (exact) mass is 431 g/mol. The van der Waals surface area contributed by atoms with Crippen molar-refractivity contribution in [3.8, 4) is 5.88 Å². The number of pyridine rings is 1. The van der Waals surface area contributed by atoms with Gasteiger partial charge in [0.15, 0.2) is 6.10 Å². The van der Waals surface area contributed by atoms with Crippen molar-refractivity contribution in [3.05, 3.63) is 23.4 Å². The predicted molar refractivity (Wildman–Crippen MR) is 103 cm³/mol. The number of nitrogens with one attached hydrogen (secondary N) is 2. The third kappa shape index (κ3) is 5.41. The molecule has 2 rings (SSSR count). The van der Waals surface area contributed by atoms with Crippen LogP contribution in [0.15, 0.2) is 12.1 Å². The van der Waals surface area contributed by atoms with E-state index in [0.29, 0.717) is 18.4 Å². The number of hydrogen-bond donors (Lipinski definition) is 3. The van der Waals surface area contributed by atoms with Crippen LogP contribution in [0.4, 0.5) is 13.2 Å². The minimum absolute atomic E-state index is 0.0314. The van der Waals surface area contributed by atoms with Crippen LogP contribution in [0.5, 0.6) is 5.88 Å². The fraction of sp³-hybridized carbons (Fsp3) is 0.650. The summed E-state index contributed by atoms with van der Waals surface area (Å²) in [5.41, 5.74) is -0.800. The standard InChI is InChI=1S/C20H28F3N3O4/c1-4-19(5-2,18(29)24-3)26-16(28)14-9-8-13(12-6-7-12)17(25-14)30-15(10-11-27)20(21,22)23/h8-9,12,15,27H,4-7,10-11H2,1-3H3,(H,24,29)(H,26,28). The molecule has 1 aliphatic carbocycles. The summed E-state index contributed by atoms with van der Waals surface area (Å²) in [5, 5.41) is 14.1. The van der Waals surface area contributed by atoms with E-state index >= 15 is 0 Å². The highest BCUT2D eigenvalue weighted by atomic mass is 19.4. The number of aliphatic hydroxyl groups is 1. The molecule has 1 aliphatic rings. The van der Waals surface area contributed by atoms with Crippen molar-refractivity contribution in [2.45, 2.75) is 69.7 Å². The molecular weight excluding hydrogens is 403 g/mol. The highest BCUT2D eigenvalue weighted by Crippen LogP contribution is 2.44. The number of halogens is 3. The minimum atomic E-state index is -4.69. The number of ether oxygens (including phenoxy) is 1. The van der Waals surface area contributed by atoms with E-state index in [1.807, 2.05) is 0 Å². The van der Waals surface area contributed by atoms with Crippen LogP contribution < -0.4 is 15.4 Å². The lowest BCUT2D eigenvalue weighted by molar-refractivity contribution is -0.199. The number of likely N-dealkylation sites (N-methyl/N-ethyl adjacent to an activating group) is 1. The smallest absolute Gasteiger partial charge is 0.425 e. The van der Waals surface area contributed by atoms with E-state index in [-0.39, 0.29) is 23.4 Å². The van der Waals surface area contributed by atoms with Gasteiger partial charge >= 0.3 is 6.18 Å². The molecule has 30 heavy (non-hydrogen) atoms. The fourth-order valence-electron chi connectivity index (χ4n) is 3.24. The Kier molecular flexibility index (Phi) is 7.68. The van der Waals surface area contributed by atoms with Crippen molar-refractivity contribution < 1.29 is 32.6 Å². The van der Waals surface area contributed by atoms with Gasteiger partial charge in [0, 0.05) is 25.6 Å². The van der Waals surface area contributed by atoms with Gasteiger partial charge in [-0.1, -0.05) is 19.9 Å². The third-order valence-electron chi connectivity index (χ3n) is 5.37. The zero-order valence-electron chi connectivity index (χ0n) is 17.3. The molecule has 7 nitrogen and oxygen atoms in total. The second-order valence-electron chi connectivity index (χ2n) is 7.35. The van der Waals surface area contributed by atoms with Gasteiger partial charge in [-0.3, -0.25) is 9.59 Å². The number of aromatic nitrogens is 1. The van der Waals surface area contributed by atoms with E-state index < -0.39 is 36.8 Å². The van der Waals surface area contributed by atoms with Crippen LogP contribution in [0.1, 0.15) is 67.9 Å². The van der Waals surface area contributed by atoms with Crippen molar-refractivity contribution in [1.82, 2.24) is 15.6 Å². The minimum Gasteiger partial charge on any atom is -0.464 e. The zero-order chi connectivity index (χ0) is 22.5. The maximum atomic E-state index is 13.3. The Morgan fingerprint density at radius 3 is 2.37 bits per heavy atom. The van der Waals surface area contributed by atoms with Crippen LogP contribution in [-0.4, -0.2) is 53.4 Å². The molecule has 0 aromatic carbocycles. The Bertz CT molecular complexity index is 762. The Balaban J connectivity index is 2.34. The van der Waals surface area contributed by atoms with Gasteiger partial charge in [0.1, 0.15) is 11.2 Å². The Labute approximate surface area is 173 Å². The van der Waals surface area contributed by atoms with E-state index in [0.717, 1.165) is 12.8 Å². The summed E-state index contributed by atoms with van der Waals surface area (Å²) in [4.78, 5) is 29.1. The molecule has 1 unspecified atom stereocenters. The second-order valence-corrected chi connectivity index (χ2v) is 7.35. The van der Waals surface area contributed by atoms with E-state index in [2.05, 4.69) is 15.6 Å². The Morgan fingerprint density at radius 1 is 1.27 bits per heavy atom. The zero-order valence-corrected chi connectivity index (χ0v) is 17.3. The van der Waals surface area contributed by atoms with Crippen molar-refractivity contribution in [3.63, 3.8) is 0 Å². The number of amides is 2. The lowest BCUT2D eigenvalue weighted by atomic mass is 9.91. The number of aliphatic hydroxyl groups excluding tert-OH is 1. The van der Waals surface area contributed by atoms with Crippen molar-refractivity contribution in [1.29, 1.82) is 0 Å². The van der Waals surface area contributed by atoms with Crippen LogP contribution >= 0.6 is 0 Å².